The molecule has 0 aliphatic carbocycles. The van der Waals surface area contributed by atoms with E-state index in [0.717, 1.165) is 0 Å². The molecule has 1 heterocycles. The van der Waals surface area contributed by atoms with Gasteiger partial charge in [-0.3, -0.25) is 9.69 Å². The molecule has 0 amide bonds. The molecule has 20 heavy (non-hydrogen) atoms. The largest absolute Gasteiger partial charge is 0.480 e. The van der Waals surface area contributed by atoms with Crippen molar-refractivity contribution in [2.24, 2.45) is 5.73 Å². The van der Waals surface area contributed by atoms with Crippen LogP contribution in [0.1, 0.15) is 13.8 Å². The quantitative estimate of drug-likeness (QED) is 0.698. The highest BCUT2D eigenvalue weighted by Gasteiger charge is 2.33. The number of aliphatic carboxylic acids is 1. The van der Waals surface area contributed by atoms with E-state index >= 15 is 0 Å². The van der Waals surface area contributed by atoms with Crippen LogP contribution in [0, 0.1) is 0 Å². The van der Waals surface area contributed by atoms with E-state index in [1.807, 2.05) is 0 Å². The zero-order valence-electron chi connectivity index (χ0n) is 11.6. The Hall–Kier alpha value is -0.120. The fourth-order valence-electron chi connectivity index (χ4n) is 1.97. The number of halogens is 2. The lowest BCUT2D eigenvalue weighted by Crippen LogP contribution is -2.56. The van der Waals surface area contributed by atoms with E-state index in [1.165, 1.54) is 4.31 Å². The zero-order chi connectivity index (χ0) is 13.9. The molecule has 0 aromatic heterocycles. The van der Waals surface area contributed by atoms with Crippen molar-refractivity contribution in [3.63, 3.8) is 0 Å². The van der Waals surface area contributed by atoms with Crippen molar-refractivity contribution in [2.75, 3.05) is 32.7 Å². The van der Waals surface area contributed by atoms with Crippen LogP contribution < -0.4 is 5.73 Å². The molecular weight excluding hydrogens is 329 g/mol. The van der Waals surface area contributed by atoms with E-state index in [4.69, 9.17) is 10.8 Å². The number of hydrogen-bond donors (Lipinski definition) is 2. The number of rotatable bonds is 5. The highest BCUT2D eigenvalue weighted by molar-refractivity contribution is 7.89. The van der Waals surface area contributed by atoms with E-state index in [9.17, 15) is 13.2 Å². The van der Waals surface area contributed by atoms with Crippen molar-refractivity contribution in [1.29, 1.82) is 0 Å². The van der Waals surface area contributed by atoms with E-state index in [2.05, 4.69) is 0 Å². The molecular formula is C10H23Cl2N3O4S. The Bertz CT molecular complexity index is 397. The van der Waals surface area contributed by atoms with Crippen LogP contribution in [0.25, 0.3) is 0 Å². The van der Waals surface area contributed by atoms with Gasteiger partial charge in [-0.25, -0.2) is 8.42 Å². The predicted molar refractivity (Wildman–Crippen MR) is 82.2 cm³/mol. The highest BCUT2D eigenvalue weighted by Crippen LogP contribution is 2.13. The summed E-state index contributed by atoms with van der Waals surface area (Å²) in [6, 6.07) is -0.728. The minimum atomic E-state index is -3.25. The average Bonchev–Trinajstić information content (AvgIpc) is 2.30. The van der Waals surface area contributed by atoms with Gasteiger partial charge in [0.05, 0.1) is 5.25 Å². The molecule has 7 nitrogen and oxygen atoms in total. The minimum Gasteiger partial charge on any atom is -0.480 e. The monoisotopic (exact) mass is 351 g/mol. The fraction of sp³-hybridized carbons (Fsp3) is 0.900. The molecule has 1 fully saturated rings. The highest BCUT2D eigenvalue weighted by atomic mass is 35.5. The number of carbonyl (C=O) groups is 1. The maximum atomic E-state index is 11.9. The van der Waals surface area contributed by atoms with Gasteiger partial charge in [0.2, 0.25) is 10.0 Å². The van der Waals surface area contributed by atoms with Gasteiger partial charge in [-0.05, 0) is 13.8 Å². The van der Waals surface area contributed by atoms with Gasteiger partial charge in [0.25, 0.3) is 0 Å². The average molecular weight is 352 g/mol. The number of piperazine rings is 1. The van der Waals surface area contributed by atoms with Gasteiger partial charge in [0.1, 0.15) is 6.04 Å². The van der Waals surface area contributed by atoms with Gasteiger partial charge in [0, 0.05) is 32.7 Å². The third-order valence-electron chi connectivity index (χ3n) is 3.18. The fourth-order valence-corrected chi connectivity index (χ4v) is 3.24. The van der Waals surface area contributed by atoms with E-state index in [0.29, 0.717) is 26.2 Å². The summed E-state index contributed by atoms with van der Waals surface area (Å²) < 4.78 is 25.3. The van der Waals surface area contributed by atoms with Gasteiger partial charge in [0.15, 0.2) is 0 Å². The summed E-state index contributed by atoms with van der Waals surface area (Å²) in [5, 5.41) is 8.54. The molecule has 122 valence electrons. The van der Waals surface area contributed by atoms with Gasteiger partial charge < -0.3 is 10.8 Å². The molecule has 1 rings (SSSR count). The summed E-state index contributed by atoms with van der Waals surface area (Å²) in [6.07, 6.45) is 0. The lowest BCUT2D eigenvalue weighted by atomic mass is 10.2. The van der Waals surface area contributed by atoms with Crippen molar-refractivity contribution in [3.8, 4) is 0 Å². The van der Waals surface area contributed by atoms with Crippen LogP contribution in [0.4, 0.5) is 0 Å². The summed E-state index contributed by atoms with van der Waals surface area (Å²) >= 11 is 0. The second-order valence-corrected chi connectivity index (χ2v) is 7.11. The first kappa shape index (κ1) is 22.2. The van der Waals surface area contributed by atoms with E-state index < -0.39 is 27.3 Å². The zero-order valence-corrected chi connectivity index (χ0v) is 14.0. The first-order chi connectivity index (χ1) is 8.30. The SMILES string of the molecule is CC(C)S(=O)(=O)N1CCN([C@@H](CN)C(=O)O)CC1.Cl.Cl. The molecule has 1 saturated heterocycles. The first-order valence-corrected chi connectivity index (χ1v) is 7.47. The minimum absolute atomic E-state index is 0. The van der Waals surface area contributed by atoms with Crippen molar-refractivity contribution in [2.45, 2.75) is 25.1 Å². The summed E-state index contributed by atoms with van der Waals surface area (Å²) in [5.41, 5.74) is 5.42. The first-order valence-electron chi connectivity index (χ1n) is 5.96. The Morgan fingerprint density at radius 1 is 1.20 bits per heavy atom. The van der Waals surface area contributed by atoms with Crippen LogP contribution in [0.15, 0.2) is 0 Å². The topological polar surface area (TPSA) is 104 Å². The molecule has 0 spiro atoms. The Balaban J connectivity index is 0. The molecule has 3 N–H and O–H groups in total. The van der Waals surface area contributed by atoms with Crippen LogP contribution in [-0.2, 0) is 14.8 Å². The molecule has 1 atom stereocenters. The number of sulfonamides is 1. The number of carboxylic acid groups (broad SMARTS) is 1. The van der Waals surface area contributed by atoms with Crippen LogP contribution >= 0.6 is 24.8 Å². The summed E-state index contributed by atoms with van der Waals surface area (Å²) in [4.78, 5) is 12.7. The molecule has 1 aliphatic heterocycles. The van der Waals surface area contributed by atoms with Crippen molar-refractivity contribution in [3.05, 3.63) is 0 Å². The number of nitrogens with two attached hydrogens (primary N) is 1. The van der Waals surface area contributed by atoms with Gasteiger partial charge >= 0.3 is 5.97 Å². The summed E-state index contributed by atoms with van der Waals surface area (Å²) in [7, 11) is -3.25. The second-order valence-electron chi connectivity index (χ2n) is 4.62. The lowest BCUT2D eigenvalue weighted by molar-refractivity contribution is -0.143. The van der Waals surface area contributed by atoms with Crippen molar-refractivity contribution >= 4 is 40.8 Å². The van der Waals surface area contributed by atoms with E-state index in [-0.39, 0.29) is 31.4 Å². The van der Waals surface area contributed by atoms with Crippen molar-refractivity contribution in [1.82, 2.24) is 9.21 Å². The van der Waals surface area contributed by atoms with Crippen LogP contribution in [-0.4, -0.2) is 72.7 Å². The second kappa shape index (κ2) is 9.01. The number of nitrogens with zero attached hydrogens (tertiary/aromatic N) is 2. The third-order valence-corrected chi connectivity index (χ3v) is 5.45. The summed E-state index contributed by atoms with van der Waals surface area (Å²) in [6.45, 7) is 4.77. The Morgan fingerprint density at radius 3 is 1.95 bits per heavy atom. The predicted octanol–water partition coefficient (Wildman–Crippen LogP) is -0.402. The van der Waals surface area contributed by atoms with E-state index in [1.54, 1.807) is 18.7 Å². The molecule has 0 aromatic carbocycles. The standard InChI is InChI=1S/C10H21N3O4S.2ClH/c1-8(2)18(16,17)13-5-3-12(4-6-13)9(7-11)10(14)15;;/h8-9H,3-7,11H2,1-2H3,(H,14,15);2*1H/t9-;;/m0../s1. The third kappa shape index (κ3) is 5.01. The van der Waals surface area contributed by atoms with Gasteiger partial charge in [-0.1, -0.05) is 0 Å². The Morgan fingerprint density at radius 2 is 1.65 bits per heavy atom. The molecule has 0 radical (unpaired) electrons. The lowest BCUT2D eigenvalue weighted by Gasteiger charge is -2.37. The van der Waals surface area contributed by atoms with Crippen molar-refractivity contribution < 1.29 is 18.3 Å². The van der Waals surface area contributed by atoms with Crippen LogP contribution in [0.5, 0.6) is 0 Å². The number of carboxylic acids is 1. The smallest absolute Gasteiger partial charge is 0.322 e. The maximum absolute atomic E-state index is 11.9. The normalized spacial score (nSPS) is 19.0. The van der Waals surface area contributed by atoms with Crippen LogP contribution in [0.2, 0.25) is 0 Å². The van der Waals surface area contributed by atoms with Gasteiger partial charge in [-0.15, -0.1) is 24.8 Å². The molecule has 10 heteroatoms. The molecule has 0 saturated carbocycles. The molecule has 0 bridgehead atoms. The maximum Gasteiger partial charge on any atom is 0.322 e. The Labute approximate surface area is 132 Å². The van der Waals surface area contributed by atoms with Gasteiger partial charge in [-0.2, -0.15) is 4.31 Å². The molecule has 0 unspecified atom stereocenters. The Kier molecular flexibility index (Phi) is 9.99. The summed E-state index contributed by atoms with van der Waals surface area (Å²) in [5.74, 6) is -0.960. The molecule has 1 aliphatic rings. The van der Waals surface area contributed by atoms with Crippen LogP contribution in [0.3, 0.4) is 0 Å². The molecule has 0 aromatic rings. The number of hydrogen-bond acceptors (Lipinski definition) is 5.